The lowest BCUT2D eigenvalue weighted by Crippen LogP contribution is -2.32. The predicted molar refractivity (Wildman–Crippen MR) is 83.9 cm³/mol. The molecule has 1 saturated carbocycles. The minimum absolute atomic E-state index is 0.870. The van der Waals surface area contributed by atoms with Crippen LogP contribution in [0.15, 0.2) is 34.9 Å². The third-order valence-corrected chi connectivity index (χ3v) is 4.55. The molecule has 0 radical (unpaired) electrons. The molecule has 112 valence electrons. The molecule has 0 saturated heterocycles. The monoisotopic (exact) mass is 284 g/mol. The zero-order valence-electron chi connectivity index (χ0n) is 13.0. The molecule has 0 aliphatic heterocycles. The maximum atomic E-state index is 5.32. The van der Waals surface area contributed by atoms with Crippen molar-refractivity contribution < 1.29 is 4.52 Å². The van der Waals surface area contributed by atoms with Gasteiger partial charge in [0.2, 0.25) is 0 Å². The lowest BCUT2D eigenvalue weighted by atomic mass is 9.85. The molecule has 0 atom stereocenters. The van der Waals surface area contributed by atoms with Crippen molar-refractivity contribution in [2.24, 2.45) is 5.92 Å². The van der Waals surface area contributed by atoms with E-state index in [4.69, 9.17) is 4.52 Å². The lowest BCUT2D eigenvalue weighted by molar-refractivity contribution is 0.164. The van der Waals surface area contributed by atoms with E-state index in [1.165, 1.54) is 36.9 Å². The Labute approximate surface area is 126 Å². The van der Waals surface area contributed by atoms with Crippen LogP contribution in [-0.4, -0.2) is 16.6 Å². The van der Waals surface area contributed by atoms with E-state index in [1.54, 1.807) is 0 Å². The predicted octanol–water partition coefficient (Wildman–Crippen LogP) is 4.09. The minimum atomic E-state index is 0.870. The zero-order chi connectivity index (χ0) is 14.7. The standard InChI is InChI=1S/C18H24N2O/c1-14-18(15(2)21-19-14)13-20(12-17-9-6-10-17)11-16-7-4-3-5-8-16/h3-5,7-8,17H,6,9-13H2,1-2H3. The van der Waals surface area contributed by atoms with Crippen molar-refractivity contribution in [3.8, 4) is 0 Å². The van der Waals surface area contributed by atoms with Gasteiger partial charge in [0.15, 0.2) is 0 Å². The highest BCUT2D eigenvalue weighted by atomic mass is 16.5. The Morgan fingerprint density at radius 3 is 2.48 bits per heavy atom. The zero-order valence-corrected chi connectivity index (χ0v) is 13.0. The molecule has 1 heterocycles. The molecule has 1 fully saturated rings. The van der Waals surface area contributed by atoms with E-state index >= 15 is 0 Å². The van der Waals surface area contributed by atoms with E-state index in [-0.39, 0.29) is 0 Å². The first-order valence-electron chi connectivity index (χ1n) is 7.90. The summed E-state index contributed by atoms with van der Waals surface area (Å²) in [5.74, 6) is 1.83. The Hall–Kier alpha value is -1.61. The van der Waals surface area contributed by atoms with Gasteiger partial charge in [0.05, 0.1) is 5.69 Å². The van der Waals surface area contributed by atoms with E-state index < -0.39 is 0 Å². The van der Waals surface area contributed by atoms with Gasteiger partial charge in [-0.3, -0.25) is 4.90 Å². The summed E-state index contributed by atoms with van der Waals surface area (Å²) in [6.45, 7) is 7.17. The molecular formula is C18H24N2O. The highest BCUT2D eigenvalue weighted by Gasteiger charge is 2.22. The molecule has 0 bridgehead atoms. The van der Waals surface area contributed by atoms with Crippen LogP contribution in [0, 0.1) is 19.8 Å². The summed E-state index contributed by atoms with van der Waals surface area (Å²) in [6, 6.07) is 10.7. The van der Waals surface area contributed by atoms with Gasteiger partial charge in [-0.25, -0.2) is 0 Å². The van der Waals surface area contributed by atoms with Crippen LogP contribution in [0.2, 0.25) is 0 Å². The number of nitrogens with zero attached hydrogens (tertiary/aromatic N) is 2. The molecule has 0 amide bonds. The Morgan fingerprint density at radius 1 is 1.14 bits per heavy atom. The normalized spacial score (nSPS) is 15.4. The van der Waals surface area contributed by atoms with Crippen molar-refractivity contribution in [2.45, 2.75) is 46.2 Å². The van der Waals surface area contributed by atoms with Crippen molar-refractivity contribution in [3.05, 3.63) is 52.9 Å². The average molecular weight is 284 g/mol. The molecule has 1 aliphatic rings. The van der Waals surface area contributed by atoms with E-state index in [9.17, 15) is 0 Å². The van der Waals surface area contributed by atoms with Gasteiger partial charge in [0, 0.05) is 25.2 Å². The molecule has 0 N–H and O–H groups in total. The third kappa shape index (κ3) is 3.53. The van der Waals surface area contributed by atoms with Gasteiger partial charge < -0.3 is 4.52 Å². The van der Waals surface area contributed by atoms with Crippen molar-refractivity contribution in [3.63, 3.8) is 0 Å². The van der Waals surface area contributed by atoms with E-state index in [0.717, 1.165) is 30.5 Å². The number of rotatable bonds is 6. The van der Waals surface area contributed by atoms with E-state index in [1.807, 2.05) is 13.8 Å². The molecule has 3 heteroatoms. The number of aryl methyl sites for hydroxylation is 2. The number of hydrogen-bond acceptors (Lipinski definition) is 3. The first kappa shape index (κ1) is 14.3. The molecule has 3 rings (SSSR count). The molecule has 0 spiro atoms. The fourth-order valence-corrected chi connectivity index (χ4v) is 3.02. The molecule has 1 aromatic heterocycles. The maximum Gasteiger partial charge on any atom is 0.138 e. The maximum absolute atomic E-state index is 5.32. The van der Waals surface area contributed by atoms with Gasteiger partial charge in [0.25, 0.3) is 0 Å². The number of benzene rings is 1. The van der Waals surface area contributed by atoms with Crippen molar-refractivity contribution in [1.29, 1.82) is 0 Å². The van der Waals surface area contributed by atoms with Crippen molar-refractivity contribution in [1.82, 2.24) is 10.1 Å². The fourth-order valence-electron chi connectivity index (χ4n) is 3.02. The highest BCUT2D eigenvalue weighted by Crippen LogP contribution is 2.28. The van der Waals surface area contributed by atoms with Gasteiger partial charge in [-0.2, -0.15) is 0 Å². The molecule has 3 nitrogen and oxygen atoms in total. The van der Waals surface area contributed by atoms with Crippen LogP contribution in [0.3, 0.4) is 0 Å². The van der Waals surface area contributed by atoms with Crippen molar-refractivity contribution in [2.75, 3.05) is 6.54 Å². The van der Waals surface area contributed by atoms with Crippen LogP contribution in [0.4, 0.5) is 0 Å². The second-order valence-electron chi connectivity index (χ2n) is 6.25. The quantitative estimate of drug-likeness (QED) is 0.800. The summed E-state index contributed by atoms with van der Waals surface area (Å²) >= 11 is 0. The number of aromatic nitrogens is 1. The largest absolute Gasteiger partial charge is 0.361 e. The van der Waals surface area contributed by atoms with Gasteiger partial charge >= 0.3 is 0 Å². The fraction of sp³-hybridized carbons (Fsp3) is 0.500. The van der Waals surface area contributed by atoms with Crippen LogP contribution >= 0.6 is 0 Å². The van der Waals surface area contributed by atoms with Crippen LogP contribution in [0.5, 0.6) is 0 Å². The van der Waals surface area contributed by atoms with E-state index in [0.29, 0.717) is 0 Å². The molecule has 2 aromatic rings. The van der Waals surface area contributed by atoms with Crippen LogP contribution in [0.1, 0.15) is 41.8 Å². The van der Waals surface area contributed by atoms with E-state index in [2.05, 4.69) is 40.4 Å². The summed E-state index contributed by atoms with van der Waals surface area (Å²) in [5.41, 5.74) is 3.66. The highest BCUT2D eigenvalue weighted by molar-refractivity contribution is 5.21. The SMILES string of the molecule is Cc1noc(C)c1CN(Cc1ccccc1)CC1CCC1. The average Bonchev–Trinajstić information content (AvgIpc) is 2.75. The van der Waals surface area contributed by atoms with Crippen LogP contribution in [0.25, 0.3) is 0 Å². The van der Waals surface area contributed by atoms with Crippen LogP contribution < -0.4 is 0 Å². The summed E-state index contributed by atoms with van der Waals surface area (Å²) in [5, 5.41) is 4.09. The Bertz CT molecular complexity index is 553. The third-order valence-electron chi connectivity index (χ3n) is 4.55. The Balaban J connectivity index is 1.72. The summed E-state index contributed by atoms with van der Waals surface area (Å²) in [6.07, 6.45) is 4.16. The van der Waals surface area contributed by atoms with Gasteiger partial charge in [-0.15, -0.1) is 0 Å². The molecule has 0 unspecified atom stereocenters. The van der Waals surface area contributed by atoms with Gasteiger partial charge in [-0.05, 0) is 38.2 Å². The molecule has 1 aliphatic carbocycles. The Kier molecular flexibility index (Phi) is 4.39. The van der Waals surface area contributed by atoms with Gasteiger partial charge in [0.1, 0.15) is 5.76 Å². The smallest absolute Gasteiger partial charge is 0.138 e. The second kappa shape index (κ2) is 6.44. The first-order chi connectivity index (χ1) is 10.2. The number of hydrogen-bond donors (Lipinski definition) is 0. The molecule has 1 aromatic carbocycles. The van der Waals surface area contributed by atoms with Crippen molar-refractivity contribution >= 4 is 0 Å². The summed E-state index contributed by atoms with van der Waals surface area (Å²) < 4.78 is 5.32. The molecule has 21 heavy (non-hydrogen) atoms. The molecular weight excluding hydrogens is 260 g/mol. The minimum Gasteiger partial charge on any atom is -0.361 e. The summed E-state index contributed by atoms with van der Waals surface area (Å²) in [7, 11) is 0. The summed E-state index contributed by atoms with van der Waals surface area (Å²) in [4.78, 5) is 2.55. The Morgan fingerprint density at radius 2 is 1.90 bits per heavy atom. The second-order valence-corrected chi connectivity index (χ2v) is 6.25. The van der Waals surface area contributed by atoms with Crippen LogP contribution in [-0.2, 0) is 13.1 Å². The first-order valence-corrected chi connectivity index (χ1v) is 7.90. The topological polar surface area (TPSA) is 29.3 Å². The van der Waals surface area contributed by atoms with Gasteiger partial charge in [-0.1, -0.05) is 41.9 Å². The lowest BCUT2D eigenvalue weighted by Gasteiger charge is -2.32.